The maximum atomic E-state index is 11.9. The Labute approximate surface area is 140 Å². The van der Waals surface area contributed by atoms with E-state index in [1.165, 1.54) is 0 Å². The second-order valence-electron chi connectivity index (χ2n) is 4.97. The Hall–Kier alpha value is -1.91. The minimum Gasteiger partial charge on any atom is -0.378 e. The number of carbonyl (C=O) groups excluding carboxylic acids is 1. The summed E-state index contributed by atoms with van der Waals surface area (Å²) in [7, 11) is 3.96. The average molecular weight is 338 g/mol. The van der Waals surface area contributed by atoms with Crippen LogP contribution in [-0.2, 0) is 4.79 Å². The van der Waals surface area contributed by atoms with Gasteiger partial charge in [-0.25, -0.2) is 0 Å². The fourth-order valence-corrected chi connectivity index (χ4v) is 2.14. The molecule has 1 amide bonds. The number of anilines is 3. The predicted octanol–water partition coefficient (Wildman–Crippen LogP) is 4.11. The standard InChI is InChI=1S/C16H17Cl2N3O/c1-21(2)13-6-3-11(4-7-13)19-10-16(22)20-12-5-8-14(17)15(18)9-12/h3-9,19H,10H2,1-2H3,(H,20,22). The number of nitrogens with zero attached hydrogens (tertiary/aromatic N) is 1. The third kappa shape index (κ3) is 4.55. The van der Waals surface area contributed by atoms with Crippen LogP contribution < -0.4 is 15.5 Å². The van der Waals surface area contributed by atoms with Gasteiger partial charge in [0, 0.05) is 31.2 Å². The third-order valence-electron chi connectivity index (χ3n) is 3.04. The number of benzene rings is 2. The molecule has 0 unspecified atom stereocenters. The summed E-state index contributed by atoms with van der Waals surface area (Å²) in [5.74, 6) is -0.157. The van der Waals surface area contributed by atoms with Crippen LogP contribution in [0.1, 0.15) is 0 Å². The van der Waals surface area contributed by atoms with Crippen LogP contribution in [0.25, 0.3) is 0 Å². The van der Waals surface area contributed by atoms with Gasteiger partial charge in [-0.15, -0.1) is 0 Å². The molecule has 0 aliphatic rings. The second-order valence-corrected chi connectivity index (χ2v) is 5.79. The molecule has 0 spiro atoms. The lowest BCUT2D eigenvalue weighted by Crippen LogP contribution is -2.21. The molecule has 0 aliphatic heterocycles. The van der Waals surface area contributed by atoms with Crippen molar-refractivity contribution in [3.63, 3.8) is 0 Å². The molecule has 0 saturated carbocycles. The number of amides is 1. The average Bonchev–Trinajstić information content (AvgIpc) is 2.49. The van der Waals surface area contributed by atoms with E-state index in [-0.39, 0.29) is 12.5 Å². The molecule has 4 nitrogen and oxygen atoms in total. The van der Waals surface area contributed by atoms with Crippen LogP contribution in [-0.4, -0.2) is 26.5 Å². The molecule has 2 aromatic rings. The zero-order chi connectivity index (χ0) is 16.1. The van der Waals surface area contributed by atoms with Crippen LogP contribution in [0.15, 0.2) is 42.5 Å². The van der Waals surface area contributed by atoms with E-state index in [0.717, 1.165) is 11.4 Å². The molecule has 22 heavy (non-hydrogen) atoms. The zero-order valence-electron chi connectivity index (χ0n) is 12.4. The van der Waals surface area contributed by atoms with E-state index in [9.17, 15) is 4.79 Å². The Balaban J connectivity index is 1.88. The third-order valence-corrected chi connectivity index (χ3v) is 3.78. The van der Waals surface area contributed by atoms with Gasteiger partial charge in [0.15, 0.2) is 0 Å². The first-order chi connectivity index (χ1) is 10.5. The molecule has 2 rings (SSSR count). The first kappa shape index (κ1) is 16.5. The van der Waals surface area contributed by atoms with Crippen molar-refractivity contribution in [3.8, 4) is 0 Å². The summed E-state index contributed by atoms with van der Waals surface area (Å²) in [5.41, 5.74) is 2.60. The molecule has 2 aromatic carbocycles. The molecule has 0 radical (unpaired) electrons. The Morgan fingerprint density at radius 1 is 1.00 bits per heavy atom. The molecule has 0 heterocycles. The Morgan fingerprint density at radius 3 is 2.23 bits per heavy atom. The molecule has 0 fully saturated rings. The topological polar surface area (TPSA) is 44.4 Å². The van der Waals surface area contributed by atoms with Crippen molar-refractivity contribution in [2.75, 3.05) is 36.2 Å². The van der Waals surface area contributed by atoms with Crippen molar-refractivity contribution in [3.05, 3.63) is 52.5 Å². The molecular formula is C16H17Cl2N3O. The molecular weight excluding hydrogens is 321 g/mol. The van der Waals surface area contributed by atoms with Crippen molar-refractivity contribution in [1.82, 2.24) is 0 Å². The van der Waals surface area contributed by atoms with Crippen molar-refractivity contribution < 1.29 is 4.79 Å². The molecule has 0 aliphatic carbocycles. The Bertz CT molecular complexity index is 657. The molecule has 2 N–H and O–H groups in total. The van der Waals surface area contributed by atoms with E-state index in [1.54, 1.807) is 18.2 Å². The van der Waals surface area contributed by atoms with Gasteiger partial charge >= 0.3 is 0 Å². The van der Waals surface area contributed by atoms with E-state index in [4.69, 9.17) is 23.2 Å². The van der Waals surface area contributed by atoms with Crippen LogP contribution in [0.2, 0.25) is 10.0 Å². The number of hydrogen-bond donors (Lipinski definition) is 2. The summed E-state index contributed by atoms with van der Waals surface area (Å²) in [4.78, 5) is 13.9. The summed E-state index contributed by atoms with van der Waals surface area (Å²) in [6.45, 7) is 0.168. The smallest absolute Gasteiger partial charge is 0.243 e. The quantitative estimate of drug-likeness (QED) is 0.862. The van der Waals surface area contributed by atoms with Crippen molar-refractivity contribution in [2.45, 2.75) is 0 Å². The van der Waals surface area contributed by atoms with Gasteiger partial charge in [-0.3, -0.25) is 4.79 Å². The van der Waals surface area contributed by atoms with Gasteiger partial charge in [0.05, 0.1) is 16.6 Å². The molecule has 6 heteroatoms. The van der Waals surface area contributed by atoms with E-state index in [1.807, 2.05) is 43.3 Å². The number of halogens is 2. The summed E-state index contributed by atoms with van der Waals surface area (Å²) in [6, 6.07) is 12.8. The van der Waals surface area contributed by atoms with Gasteiger partial charge in [0.1, 0.15) is 0 Å². The highest BCUT2D eigenvalue weighted by Gasteiger charge is 2.05. The number of rotatable bonds is 5. The van der Waals surface area contributed by atoms with Gasteiger partial charge in [-0.1, -0.05) is 23.2 Å². The molecule has 0 aromatic heterocycles. The van der Waals surface area contributed by atoms with Crippen LogP contribution in [0, 0.1) is 0 Å². The maximum absolute atomic E-state index is 11.9. The number of carbonyl (C=O) groups is 1. The van der Waals surface area contributed by atoms with E-state index < -0.39 is 0 Å². The second kappa shape index (κ2) is 7.38. The highest BCUT2D eigenvalue weighted by Crippen LogP contribution is 2.25. The van der Waals surface area contributed by atoms with Crippen molar-refractivity contribution in [1.29, 1.82) is 0 Å². The minimum atomic E-state index is -0.157. The number of nitrogens with one attached hydrogen (secondary N) is 2. The van der Waals surface area contributed by atoms with Crippen LogP contribution in [0.3, 0.4) is 0 Å². The number of hydrogen-bond acceptors (Lipinski definition) is 3. The minimum absolute atomic E-state index is 0.157. The summed E-state index contributed by atoms with van der Waals surface area (Å²) < 4.78 is 0. The summed E-state index contributed by atoms with van der Waals surface area (Å²) in [6.07, 6.45) is 0. The van der Waals surface area contributed by atoms with E-state index in [2.05, 4.69) is 10.6 Å². The van der Waals surface area contributed by atoms with Crippen molar-refractivity contribution in [2.24, 2.45) is 0 Å². The molecule has 0 saturated heterocycles. The lowest BCUT2D eigenvalue weighted by atomic mass is 10.2. The predicted molar refractivity (Wildman–Crippen MR) is 94.4 cm³/mol. The van der Waals surface area contributed by atoms with E-state index >= 15 is 0 Å². The maximum Gasteiger partial charge on any atom is 0.243 e. The van der Waals surface area contributed by atoms with Crippen LogP contribution in [0.5, 0.6) is 0 Å². The first-order valence-corrected chi connectivity index (χ1v) is 7.47. The Kier molecular flexibility index (Phi) is 5.52. The first-order valence-electron chi connectivity index (χ1n) is 6.72. The lowest BCUT2D eigenvalue weighted by Gasteiger charge is -2.13. The normalized spacial score (nSPS) is 10.2. The van der Waals surface area contributed by atoms with Crippen LogP contribution in [0.4, 0.5) is 17.1 Å². The largest absolute Gasteiger partial charge is 0.378 e. The fraction of sp³-hybridized carbons (Fsp3) is 0.188. The molecule has 116 valence electrons. The van der Waals surface area contributed by atoms with E-state index in [0.29, 0.717) is 15.7 Å². The van der Waals surface area contributed by atoms with Gasteiger partial charge in [-0.05, 0) is 42.5 Å². The SMILES string of the molecule is CN(C)c1ccc(NCC(=O)Nc2ccc(Cl)c(Cl)c2)cc1. The highest BCUT2D eigenvalue weighted by atomic mass is 35.5. The van der Waals surface area contributed by atoms with Crippen LogP contribution >= 0.6 is 23.2 Å². The molecule has 0 atom stereocenters. The fourth-order valence-electron chi connectivity index (χ4n) is 1.84. The zero-order valence-corrected chi connectivity index (χ0v) is 13.9. The van der Waals surface area contributed by atoms with Crippen molar-refractivity contribution >= 4 is 46.2 Å². The lowest BCUT2D eigenvalue weighted by molar-refractivity contribution is -0.114. The van der Waals surface area contributed by atoms with Gasteiger partial charge in [0.2, 0.25) is 5.91 Å². The van der Waals surface area contributed by atoms with Gasteiger partial charge in [-0.2, -0.15) is 0 Å². The highest BCUT2D eigenvalue weighted by molar-refractivity contribution is 6.42. The summed E-state index contributed by atoms with van der Waals surface area (Å²) >= 11 is 11.7. The Morgan fingerprint density at radius 2 is 1.64 bits per heavy atom. The van der Waals surface area contributed by atoms with Gasteiger partial charge < -0.3 is 15.5 Å². The summed E-state index contributed by atoms with van der Waals surface area (Å²) in [5, 5.41) is 6.69. The molecule has 0 bridgehead atoms. The van der Waals surface area contributed by atoms with Gasteiger partial charge in [0.25, 0.3) is 0 Å². The monoisotopic (exact) mass is 337 g/mol.